The van der Waals surface area contributed by atoms with Crippen molar-refractivity contribution in [2.75, 3.05) is 32.4 Å². The lowest BCUT2D eigenvalue weighted by Crippen LogP contribution is -2.13. The van der Waals surface area contributed by atoms with E-state index in [1.807, 2.05) is 0 Å². The Bertz CT molecular complexity index is 1130. The third-order valence-electron chi connectivity index (χ3n) is 4.80. The fraction of sp³-hybridized carbons (Fsp3) is 0.120. The summed E-state index contributed by atoms with van der Waals surface area (Å²) in [6.45, 7) is 0. The van der Waals surface area contributed by atoms with Gasteiger partial charge in [-0.15, -0.1) is 0 Å². The lowest BCUT2D eigenvalue weighted by molar-refractivity contribution is 0.102. The maximum absolute atomic E-state index is 12.6. The third kappa shape index (κ3) is 5.07. The minimum Gasteiger partial charge on any atom is -0.496 e. The van der Waals surface area contributed by atoms with Crippen LogP contribution in [0.4, 0.5) is 11.4 Å². The number of ketones is 1. The van der Waals surface area contributed by atoms with Crippen LogP contribution < -0.4 is 25.3 Å². The molecule has 0 radical (unpaired) electrons. The first-order chi connectivity index (χ1) is 15.5. The molecule has 0 spiro atoms. The highest BCUT2D eigenvalue weighted by Crippen LogP contribution is 2.35. The lowest BCUT2D eigenvalue weighted by Gasteiger charge is -2.12. The van der Waals surface area contributed by atoms with Gasteiger partial charge in [0, 0.05) is 23.3 Å². The van der Waals surface area contributed by atoms with Gasteiger partial charge in [-0.25, -0.2) is 0 Å². The molecule has 0 aliphatic rings. The highest BCUT2D eigenvalue weighted by Gasteiger charge is 2.13. The molecule has 3 aromatic carbocycles. The molecular formula is C25H24N2O5. The van der Waals surface area contributed by atoms with Gasteiger partial charge in [0.05, 0.1) is 38.3 Å². The van der Waals surface area contributed by atoms with Crippen molar-refractivity contribution >= 4 is 29.1 Å². The van der Waals surface area contributed by atoms with Gasteiger partial charge in [0.1, 0.15) is 17.2 Å². The fourth-order valence-corrected chi connectivity index (χ4v) is 3.04. The van der Waals surface area contributed by atoms with Gasteiger partial charge in [-0.05, 0) is 36.4 Å². The Morgan fingerprint density at radius 1 is 0.844 bits per heavy atom. The zero-order chi connectivity index (χ0) is 23.1. The standard InChI is InChI=1S/C25H24N2O5/c1-30-18-14-23(31-2)19(24(15-18)32-3)12-13-22(28)16-8-10-17(11-9-16)25(29)27-21-7-5-4-6-20(21)26/h4-15H,26H2,1-3H3,(H,27,29). The number of anilines is 2. The van der Waals surface area contributed by atoms with Gasteiger partial charge < -0.3 is 25.3 Å². The molecule has 0 unspecified atom stereocenters. The Balaban J connectivity index is 1.76. The molecule has 0 bridgehead atoms. The molecule has 7 nitrogen and oxygen atoms in total. The number of benzene rings is 3. The van der Waals surface area contributed by atoms with Gasteiger partial charge in [-0.1, -0.05) is 24.3 Å². The molecule has 1 amide bonds. The summed E-state index contributed by atoms with van der Waals surface area (Å²) in [5.74, 6) is 1.05. The highest BCUT2D eigenvalue weighted by molar-refractivity contribution is 6.09. The van der Waals surface area contributed by atoms with Gasteiger partial charge in [-0.3, -0.25) is 9.59 Å². The Hall–Kier alpha value is -4.26. The maximum Gasteiger partial charge on any atom is 0.255 e. The van der Waals surface area contributed by atoms with Gasteiger partial charge >= 0.3 is 0 Å². The molecule has 3 rings (SSSR count). The van der Waals surface area contributed by atoms with Gasteiger partial charge in [0.2, 0.25) is 0 Å². The first-order valence-electron chi connectivity index (χ1n) is 9.75. The van der Waals surface area contributed by atoms with E-state index in [9.17, 15) is 9.59 Å². The van der Waals surface area contributed by atoms with E-state index in [0.29, 0.717) is 45.3 Å². The maximum atomic E-state index is 12.6. The molecule has 0 aromatic heterocycles. The number of nitrogens with two attached hydrogens (primary N) is 1. The van der Waals surface area contributed by atoms with Crippen molar-refractivity contribution in [3.8, 4) is 17.2 Å². The highest BCUT2D eigenvalue weighted by atomic mass is 16.5. The van der Waals surface area contributed by atoms with E-state index in [4.69, 9.17) is 19.9 Å². The Morgan fingerprint density at radius 3 is 2.00 bits per heavy atom. The lowest BCUT2D eigenvalue weighted by atomic mass is 10.1. The van der Waals surface area contributed by atoms with Gasteiger partial charge in [-0.2, -0.15) is 0 Å². The van der Waals surface area contributed by atoms with Crippen molar-refractivity contribution in [3.05, 3.63) is 83.4 Å². The predicted octanol–water partition coefficient (Wildman–Crippen LogP) is 4.44. The Labute approximate surface area is 186 Å². The number of carbonyl (C=O) groups is 2. The molecule has 164 valence electrons. The number of nitrogens with one attached hydrogen (secondary N) is 1. The van der Waals surface area contributed by atoms with Crippen LogP contribution in [0.2, 0.25) is 0 Å². The van der Waals surface area contributed by atoms with Crippen molar-refractivity contribution in [1.82, 2.24) is 0 Å². The number of allylic oxidation sites excluding steroid dienone is 1. The zero-order valence-corrected chi connectivity index (χ0v) is 18.0. The number of carbonyl (C=O) groups excluding carboxylic acids is 2. The van der Waals surface area contributed by atoms with Gasteiger partial charge in [0.15, 0.2) is 5.78 Å². The molecule has 7 heteroatoms. The van der Waals surface area contributed by atoms with Crippen molar-refractivity contribution < 1.29 is 23.8 Å². The van der Waals surface area contributed by atoms with E-state index in [0.717, 1.165) is 0 Å². The smallest absolute Gasteiger partial charge is 0.255 e. The fourth-order valence-electron chi connectivity index (χ4n) is 3.04. The molecule has 0 aliphatic carbocycles. The van der Waals surface area contributed by atoms with E-state index in [-0.39, 0.29) is 11.7 Å². The average molecular weight is 432 g/mol. The van der Waals surface area contributed by atoms with E-state index in [2.05, 4.69) is 5.32 Å². The SMILES string of the molecule is COc1cc(OC)c(C=CC(=O)c2ccc(C(=O)Nc3ccccc3N)cc2)c(OC)c1. The summed E-state index contributed by atoms with van der Waals surface area (Å²) >= 11 is 0. The van der Waals surface area contributed by atoms with Crippen molar-refractivity contribution in [3.63, 3.8) is 0 Å². The second-order valence-electron chi connectivity index (χ2n) is 6.76. The zero-order valence-electron chi connectivity index (χ0n) is 18.0. The number of para-hydroxylation sites is 2. The van der Waals surface area contributed by atoms with Crippen LogP contribution in [-0.4, -0.2) is 33.0 Å². The normalized spacial score (nSPS) is 10.6. The summed E-state index contributed by atoms with van der Waals surface area (Å²) < 4.78 is 16.0. The number of amides is 1. The molecule has 0 saturated heterocycles. The summed E-state index contributed by atoms with van der Waals surface area (Å²) in [7, 11) is 4.60. The van der Waals surface area contributed by atoms with Crippen LogP contribution in [0.5, 0.6) is 17.2 Å². The van der Waals surface area contributed by atoms with Crippen LogP contribution in [0.25, 0.3) is 6.08 Å². The van der Waals surface area contributed by atoms with Crippen LogP contribution in [0.3, 0.4) is 0 Å². The van der Waals surface area contributed by atoms with Gasteiger partial charge in [0.25, 0.3) is 5.91 Å². The Morgan fingerprint density at radius 2 is 1.44 bits per heavy atom. The summed E-state index contributed by atoms with van der Waals surface area (Å²) in [6.07, 6.45) is 3.05. The van der Waals surface area contributed by atoms with Crippen molar-refractivity contribution in [2.24, 2.45) is 0 Å². The number of ether oxygens (including phenoxy) is 3. The van der Waals surface area contributed by atoms with Crippen LogP contribution in [0.1, 0.15) is 26.3 Å². The van der Waals surface area contributed by atoms with Crippen LogP contribution in [0, 0.1) is 0 Å². The third-order valence-corrected chi connectivity index (χ3v) is 4.80. The quantitative estimate of drug-likeness (QED) is 0.310. The van der Waals surface area contributed by atoms with Crippen LogP contribution in [0.15, 0.2) is 66.7 Å². The topological polar surface area (TPSA) is 99.9 Å². The molecule has 3 N–H and O–H groups in total. The first kappa shape index (κ1) is 22.4. The second-order valence-corrected chi connectivity index (χ2v) is 6.76. The summed E-state index contributed by atoms with van der Waals surface area (Å²) in [5.41, 5.74) is 8.32. The molecule has 0 saturated carbocycles. The molecule has 32 heavy (non-hydrogen) atoms. The number of hydrogen-bond donors (Lipinski definition) is 2. The van der Waals surface area contributed by atoms with Crippen molar-refractivity contribution in [1.29, 1.82) is 0 Å². The molecule has 0 atom stereocenters. The number of hydrogen-bond acceptors (Lipinski definition) is 6. The summed E-state index contributed by atoms with van der Waals surface area (Å²) in [5, 5.41) is 2.76. The van der Waals surface area contributed by atoms with E-state index < -0.39 is 0 Å². The molecule has 3 aromatic rings. The minimum atomic E-state index is -0.315. The second kappa shape index (κ2) is 10.2. The van der Waals surface area contributed by atoms with E-state index >= 15 is 0 Å². The first-order valence-corrected chi connectivity index (χ1v) is 9.75. The van der Waals surface area contributed by atoms with Crippen molar-refractivity contribution in [2.45, 2.75) is 0 Å². The largest absolute Gasteiger partial charge is 0.496 e. The molecular weight excluding hydrogens is 408 g/mol. The Kier molecular flexibility index (Phi) is 7.13. The van der Waals surface area contributed by atoms with Crippen LogP contribution in [-0.2, 0) is 0 Å². The van der Waals surface area contributed by atoms with E-state index in [1.165, 1.54) is 20.3 Å². The number of rotatable bonds is 8. The number of methoxy groups -OCH3 is 3. The minimum absolute atomic E-state index is 0.232. The summed E-state index contributed by atoms with van der Waals surface area (Å²) in [6, 6.07) is 16.8. The van der Waals surface area contributed by atoms with Crippen LogP contribution >= 0.6 is 0 Å². The molecule has 0 fully saturated rings. The summed E-state index contributed by atoms with van der Waals surface area (Å²) in [4.78, 5) is 25.1. The molecule has 0 aliphatic heterocycles. The predicted molar refractivity (Wildman–Crippen MR) is 125 cm³/mol. The average Bonchev–Trinajstić information content (AvgIpc) is 2.83. The number of nitrogen functional groups attached to an aromatic ring is 1. The van der Waals surface area contributed by atoms with E-state index in [1.54, 1.807) is 73.8 Å². The molecule has 0 heterocycles. The monoisotopic (exact) mass is 432 g/mol.